The van der Waals surface area contributed by atoms with E-state index >= 15 is 0 Å². The van der Waals surface area contributed by atoms with Gasteiger partial charge < -0.3 is 15.2 Å². The van der Waals surface area contributed by atoms with Crippen molar-refractivity contribution in [3.63, 3.8) is 0 Å². The Bertz CT molecular complexity index is 1300. The van der Waals surface area contributed by atoms with Crippen LogP contribution in [-0.4, -0.2) is 55.2 Å². The van der Waals surface area contributed by atoms with E-state index in [2.05, 4.69) is 20.2 Å². The SMILES string of the molecule is Cn1c(=O)n(C)c2cc(-c3nc(N4CC5CNCC5C4)nc4nc[nH]c34)ccc21. The van der Waals surface area contributed by atoms with Crippen molar-refractivity contribution < 1.29 is 0 Å². The molecule has 9 heteroatoms. The minimum atomic E-state index is -0.0376. The lowest BCUT2D eigenvalue weighted by Crippen LogP contribution is -2.27. The number of imidazole rings is 2. The minimum Gasteiger partial charge on any atom is -0.341 e. The van der Waals surface area contributed by atoms with Gasteiger partial charge in [0.25, 0.3) is 0 Å². The highest BCUT2D eigenvalue weighted by Crippen LogP contribution is 2.32. The summed E-state index contributed by atoms with van der Waals surface area (Å²) in [5.41, 5.74) is 4.98. The first-order valence-electron chi connectivity index (χ1n) is 9.93. The fraction of sp³-hybridized carbons (Fsp3) is 0.400. The molecular weight excluding hydrogens is 368 g/mol. The first kappa shape index (κ1) is 16.7. The fourth-order valence-corrected chi connectivity index (χ4v) is 4.84. The molecule has 0 bridgehead atoms. The Hall–Kier alpha value is -3.20. The van der Waals surface area contributed by atoms with Crippen LogP contribution in [0.2, 0.25) is 0 Å². The van der Waals surface area contributed by atoms with Crippen molar-refractivity contribution in [1.29, 1.82) is 0 Å². The Morgan fingerprint density at radius 1 is 1.03 bits per heavy atom. The summed E-state index contributed by atoms with van der Waals surface area (Å²) >= 11 is 0. The molecule has 6 rings (SSSR count). The van der Waals surface area contributed by atoms with Crippen LogP contribution in [0.5, 0.6) is 0 Å². The first-order chi connectivity index (χ1) is 14.1. The Morgan fingerprint density at radius 2 is 1.79 bits per heavy atom. The maximum absolute atomic E-state index is 12.3. The minimum absolute atomic E-state index is 0.0376. The first-order valence-corrected chi connectivity index (χ1v) is 9.93. The third kappa shape index (κ3) is 2.37. The van der Waals surface area contributed by atoms with Gasteiger partial charge in [-0.3, -0.25) is 9.13 Å². The number of anilines is 1. The van der Waals surface area contributed by atoms with E-state index in [0.29, 0.717) is 17.5 Å². The second kappa shape index (κ2) is 5.90. The van der Waals surface area contributed by atoms with Crippen LogP contribution in [0.25, 0.3) is 33.5 Å². The molecule has 2 aliphatic heterocycles. The summed E-state index contributed by atoms with van der Waals surface area (Å²) in [6.45, 7) is 4.08. The Labute approximate surface area is 166 Å². The molecule has 2 atom stereocenters. The number of nitrogens with zero attached hydrogens (tertiary/aromatic N) is 6. The summed E-state index contributed by atoms with van der Waals surface area (Å²) in [5, 5.41) is 3.47. The van der Waals surface area contributed by atoms with Crippen LogP contribution in [0.15, 0.2) is 29.3 Å². The van der Waals surface area contributed by atoms with Crippen molar-refractivity contribution in [3.8, 4) is 11.3 Å². The van der Waals surface area contributed by atoms with Gasteiger partial charge in [0.2, 0.25) is 5.95 Å². The summed E-state index contributed by atoms with van der Waals surface area (Å²) < 4.78 is 3.33. The zero-order valence-corrected chi connectivity index (χ0v) is 16.4. The Kier molecular flexibility index (Phi) is 3.40. The van der Waals surface area contributed by atoms with E-state index in [1.54, 1.807) is 29.6 Å². The molecule has 2 saturated heterocycles. The van der Waals surface area contributed by atoms with Gasteiger partial charge in [0.1, 0.15) is 11.2 Å². The second-order valence-corrected chi connectivity index (χ2v) is 8.16. The van der Waals surface area contributed by atoms with Crippen LogP contribution in [0.1, 0.15) is 0 Å². The summed E-state index contributed by atoms with van der Waals surface area (Å²) in [5.74, 6) is 2.05. The maximum Gasteiger partial charge on any atom is 0.328 e. The molecule has 0 aliphatic carbocycles. The van der Waals surface area contributed by atoms with Crippen molar-refractivity contribution in [2.75, 3.05) is 31.1 Å². The summed E-state index contributed by atoms with van der Waals surface area (Å²) in [6, 6.07) is 6.00. The highest BCUT2D eigenvalue weighted by atomic mass is 16.1. The molecule has 29 heavy (non-hydrogen) atoms. The van der Waals surface area contributed by atoms with Crippen LogP contribution in [0, 0.1) is 11.8 Å². The van der Waals surface area contributed by atoms with Crippen LogP contribution >= 0.6 is 0 Å². The number of benzene rings is 1. The smallest absolute Gasteiger partial charge is 0.328 e. The predicted octanol–water partition coefficient (Wildman–Crippen LogP) is 0.866. The quantitative estimate of drug-likeness (QED) is 0.527. The molecule has 0 saturated carbocycles. The molecule has 148 valence electrons. The number of fused-ring (bicyclic) bond motifs is 3. The van der Waals surface area contributed by atoms with Gasteiger partial charge in [0.05, 0.1) is 17.4 Å². The fourth-order valence-electron chi connectivity index (χ4n) is 4.84. The number of aromatic nitrogens is 6. The number of aryl methyl sites for hydroxylation is 2. The summed E-state index contributed by atoms with van der Waals surface area (Å²) in [7, 11) is 3.59. The molecule has 2 aliphatic rings. The van der Waals surface area contributed by atoms with E-state index in [0.717, 1.165) is 59.9 Å². The van der Waals surface area contributed by atoms with Gasteiger partial charge >= 0.3 is 5.69 Å². The molecule has 9 nitrogen and oxygen atoms in total. The zero-order chi connectivity index (χ0) is 19.7. The summed E-state index contributed by atoms with van der Waals surface area (Å²) in [4.78, 5) is 31.8. The van der Waals surface area contributed by atoms with Crippen molar-refractivity contribution in [2.24, 2.45) is 25.9 Å². The molecule has 2 N–H and O–H groups in total. The van der Waals surface area contributed by atoms with Crippen molar-refractivity contribution in [1.82, 2.24) is 34.4 Å². The molecule has 2 unspecified atom stereocenters. The van der Waals surface area contributed by atoms with Crippen molar-refractivity contribution >= 4 is 28.1 Å². The van der Waals surface area contributed by atoms with Gasteiger partial charge in [0, 0.05) is 45.8 Å². The van der Waals surface area contributed by atoms with Gasteiger partial charge in [-0.05, 0) is 24.0 Å². The standard InChI is InChI=1S/C20H22N8O/c1-26-14-4-3-11(5-15(14)27(2)20(26)29)16-17-18(23-10-22-17)25-19(24-16)28-8-12-6-21-7-13(12)9-28/h3-5,10,12-13,21H,6-9H2,1-2H3,(H,22,23,24,25). The molecular formula is C20H22N8O. The number of rotatable bonds is 2. The lowest BCUT2D eigenvalue weighted by molar-refractivity contribution is 0.533. The molecule has 5 heterocycles. The predicted molar refractivity (Wildman–Crippen MR) is 111 cm³/mol. The second-order valence-electron chi connectivity index (χ2n) is 8.16. The number of aromatic amines is 1. The normalized spacial score (nSPS) is 21.5. The molecule has 0 amide bonds. The van der Waals surface area contributed by atoms with Crippen molar-refractivity contribution in [2.45, 2.75) is 0 Å². The average Bonchev–Trinajstić information content (AvgIpc) is 3.48. The highest BCUT2D eigenvalue weighted by Gasteiger charge is 2.37. The van der Waals surface area contributed by atoms with Gasteiger partial charge in [0.15, 0.2) is 5.65 Å². The molecule has 2 fully saturated rings. The molecule has 3 aromatic heterocycles. The number of H-pyrrole nitrogens is 1. The van der Waals surface area contributed by atoms with Crippen LogP contribution in [-0.2, 0) is 14.1 Å². The van der Waals surface area contributed by atoms with Gasteiger partial charge in [-0.1, -0.05) is 6.07 Å². The lowest BCUT2D eigenvalue weighted by atomic mass is 10.0. The van der Waals surface area contributed by atoms with E-state index in [1.807, 2.05) is 18.2 Å². The summed E-state index contributed by atoms with van der Waals surface area (Å²) in [6.07, 6.45) is 1.66. The highest BCUT2D eigenvalue weighted by molar-refractivity contribution is 5.91. The van der Waals surface area contributed by atoms with E-state index < -0.39 is 0 Å². The van der Waals surface area contributed by atoms with E-state index in [9.17, 15) is 4.79 Å². The van der Waals surface area contributed by atoms with Gasteiger partial charge in [-0.2, -0.15) is 4.98 Å². The molecule has 0 radical (unpaired) electrons. The van der Waals surface area contributed by atoms with Crippen LogP contribution < -0.4 is 15.9 Å². The third-order valence-corrected chi connectivity index (χ3v) is 6.49. The molecule has 0 spiro atoms. The van der Waals surface area contributed by atoms with Crippen LogP contribution in [0.4, 0.5) is 5.95 Å². The van der Waals surface area contributed by atoms with Gasteiger partial charge in [-0.15, -0.1) is 0 Å². The van der Waals surface area contributed by atoms with E-state index in [-0.39, 0.29) is 5.69 Å². The number of nitrogens with one attached hydrogen (secondary N) is 2. The van der Waals surface area contributed by atoms with E-state index in [4.69, 9.17) is 9.97 Å². The van der Waals surface area contributed by atoms with Crippen LogP contribution in [0.3, 0.4) is 0 Å². The zero-order valence-electron chi connectivity index (χ0n) is 16.4. The largest absolute Gasteiger partial charge is 0.341 e. The topological polar surface area (TPSA) is 96.7 Å². The lowest BCUT2D eigenvalue weighted by Gasteiger charge is -2.18. The molecule has 1 aromatic carbocycles. The third-order valence-electron chi connectivity index (χ3n) is 6.49. The average molecular weight is 390 g/mol. The molecule has 4 aromatic rings. The number of hydrogen-bond acceptors (Lipinski definition) is 6. The number of hydrogen-bond donors (Lipinski definition) is 2. The Morgan fingerprint density at radius 3 is 2.59 bits per heavy atom. The van der Waals surface area contributed by atoms with Gasteiger partial charge in [-0.25, -0.2) is 14.8 Å². The monoisotopic (exact) mass is 390 g/mol. The van der Waals surface area contributed by atoms with Crippen molar-refractivity contribution in [3.05, 3.63) is 35.0 Å². The maximum atomic E-state index is 12.3. The van der Waals surface area contributed by atoms with E-state index in [1.165, 1.54) is 0 Å². The Balaban J connectivity index is 1.50.